The Hall–Kier alpha value is -3.58. The predicted octanol–water partition coefficient (Wildman–Crippen LogP) is 5.59. The first-order chi connectivity index (χ1) is 17.0. The Balaban J connectivity index is 1.57. The molecule has 2 heterocycles. The van der Waals surface area contributed by atoms with Crippen molar-refractivity contribution in [3.63, 3.8) is 0 Å². The van der Waals surface area contributed by atoms with Gasteiger partial charge in [0.05, 0.1) is 5.54 Å². The molecular weight excluding hydrogens is 476 g/mol. The minimum absolute atomic E-state index is 0.0772. The lowest BCUT2D eigenvalue weighted by Crippen LogP contribution is -2.45. The van der Waals surface area contributed by atoms with Crippen LogP contribution in [0.2, 0.25) is 5.02 Å². The molecule has 0 aromatic heterocycles. The van der Waals surface area contributed by atoms with Crippen molar-refractivity contribution < 1.29 is 14.4 Å². The summed E-state index contributed by atoms with van der Waals surface area (Å²) in [6.45, 7) is 11.0. The molecular formula is C28H31ClN4O3. The van der Waals surface area contributed by atoms with Gasteiger partial charge in [-0.3, -0.25) is 9.59 Å². The number of urea groups is 1. The molecule has 1 fully saturated rings. The number of nitrogens with zero attached hydrogens (tertiary/aromatic N) is 2. The average Bonchev–Trinajstić information content (AvgIpc) is 3.04. The number of anilines is 2. The fourth-order valence-corrected chi connectivity index (χ4v) is 5.01. The Morgan fingerprint density at radius 3 is 2.61 bits per heavy atom. The molecule has 7 nitrogen and oxygen atoms in total. The second kappa shape index (κ2) is 9.82. The second-order valence-corrected chi connectivity index (χ2v) is 10.2. The van der Waals surface area contributed by atoms with Crippen LogP contribution in [0.4, 0.5) is 16.2 Å². The molecule has 4 amide bonds. The van der Waals surface area contributed by atoms with E-state index in [1.54, 1.807) is 12.1 Å². The van der Waals surface area contributed by atoms with Gasteiger partial charge < -0.3 is 15.5 Å². The molecule has 0 atom stereocenters. The molecule has 36 heavy (non-hydrogen) atoms. The van der Waals surface area contributed by atoms with Crippen molar-refractivity contribution in [2.24, 2.45) is 0 Å². The largest absolute Gasteiger partial charge is 0.362 e. The van der Waals surface area contributed by atoms with Gasteiger partial charge in [0.2, 0.25) is 5.91 Å². The monoisotopic (exact) mass is 506 g/mol. The maximum atomic E-state index is 13.0. The van der Waals surface area contributed by atoms with Gasteiger partial charge in [-0.25, -0.2) is 9.69 Å². The quantitative estimate of drug-likeness (QED) is 0.395. The number of carbonyl (C=O) groups is 3. The van der Waals surface area contributed by atoms with Gasteiger partial charge in [0.25, 0.3) is 5.91 Å². The van der Waals surface area contributed by atoms with Crippen molar-refractivity contribution in [2.75, 3.05) is 23.3 Å². The molecule has 0 bridgehead atoms. The van der Waals surface area contributed by atoms with Crippen molar-refractivity contribution in [1.29, 1.82) is 0 Å². The van der Waals surface area contributed by atoms with Crippen LogP contribution in [0.1, 0.15) is 50.8 Å². The van der Waals surface area contributed by atoms with E-state index in [2.05, 4.69) is 49.3 Å². The number of allylic oxidation sites excluding steroid dienone is 1. The van der Waals surface area contributed by atoms with Gasteiger partial charge in [-0.1, -0.05) is 36.7 Å². The van der Waals surface area contributed by atoms with Crippen molar-refractivity contribution in [3.05, 3.63) is 69.9 Å². The lowest BCUT2D eigenvalue weighted by atomic mass is 9.87. The summed E-state index contributed by atoms with van der Waals surface area (Å²) in [5.41, 5.74) is 5.34. The van der Waals surface area contributed by atoms with Crippen LogP contribution in [0.25, 0.3) is 11.6 Å². The van der Waals surface area contributed by atoms with E-state index in [0.717, 1.165) is 40.3 Å². The normalized spacial score (nSPS) is 17.7. The molecule has 188 valence electrons. The third-order valence-electron chi connectivity index (χ3n) is 6.41. The zero-order valence-electron chi connectivity index (χ0n) is 21.2. The number of nitrogens with one attached hydrogen (secondary N) is 2. The zero-order chi connectivity index (χ0) is 26.2. The van der Waals surface area contributed by atoms with E-state index in [1.165, 1.54) is 0 Å². The highest BCUT2D eigenvalue weighted by Crippen LogP contribution is 2.42. The summed E-state index contributed by atoms with van der Waals surface area (Å²) in [6, 6.07) is 10.5. The number of hydrogen-bond donors (Lipinski definition) is 2. The average molecular weight is 507 g/mol. The van der Waals surface area contributed by atoms with Crippen LogP contribution in [-0.4, -0.2) is 41.4 Å². The lowest BCUT2D eigenvalue weighted by molar-refractivity contribution is -0.127. The first kappa shape index (κ1) is 25.5. The topological polar surface area (TPSA) is 81.8 Å². The summed E-state index contributed by atoms with van der Waals surface area (Å²) in [5.74, 6) is -1.04. The third-order valence-corrected chi connectivity index (χ3v) is 6.74. The molecule has 4 rings (SSSR count). The van der Waals surface area contributed by atoms with E-state index >= 15 is 0 Å². The Kier molecular flexibility index (Phi) is 6.96. The fourth-order valence-electron chi connectivity index (χ4n) is 4.80. The summed E-state index contributed by atoms with van der Waals surface area (Å²) in [4.78, 5) is 41.2. The Labute approximate surface area is 216 Å². The van der Waals surface area contributed by atoms with Gasteiger partial charge in [0.1, 0.15) is 12.2 Å². The highest BCUT2D eigenvalue weighted by Gasteiger charge is 2.36. The summed E-state index contributed by atoms with van der Waals surface area (Å²) >= 11 is 6.66. The molecule has 0 radical (unpaired) electrons. The Morgan fingerprint density at radius 1 is 1.17 bits per heavy atom. The van der Waals surface area contributed by atoms with Crippen LogP contribution in [0.15, 0.2) is 48.2 Å². The Morgan fingerprint density at radius 2 is 1.92 bits per heavy atom. The molecule has 1 saturated heterocycles. The smallest absolute Gasteiger partial charge is 0.329 e. The molecule has 0 saturated carbocycles. The van der Waals surface area contributed by atoms with Gasteiger partial charge in [-0.2, -0.15) is 0 Å². The minimum Gasteiger partial charge on any atom is -0.362 e. The summed E-state index contributed by atoms with van der Waals surface area (Å²) in [7, 11) is 0. The Bertz CT molecular complexity index is 1310. The van der Waals surface area contributed by atoms with Gasteiger partial charge in [-0.15, -0.1) is 0 Å². The van der Waals surface area contributed by atoms with E-state index in [0.29, 0.717) is 16.3 Å². The van der Waals surface area contributed by atoms with E-state index in [1.807, 2.05) is 37.3 Å². The molecule has 2 aliphatic rings. The first-order valence-corrected chi connectivity index (χ1v) is 12.4. The molecule has 8 heteroatoms. The molecule has 2 aromatic carbocycles. The maximum Gasteiger partial charge on any atom is 0.329 e. The molecule has 2 aromatic rings. The van der Waals surface area contributed by atoms with Gasteiger partial charge in [-0.05, 0) is 81.2 Å². The summed E-state index contributed by atoms with van der Waals surface area (Å²) < 4.78 is 0. The van der Waals surface area contributed by atoms with Crippen molar-refractivity contribution in [1.82, 2.24) is 10.2 Å². The van der Waals surface area contributed by atoms with Crippen molar-refractivity contribution in [3.8, 4) is 0 Å². The van der Waals surface area contributed by atoms with Crippen molar-refractivity contribution >= 4 is 52.5 Å². The number of rotatable bonds is 6. The molecule has 2 N–H and O–H groups in total. The van der Waals surface area contributed by atoms with E-state index in [4.69, 9.17) is 11.6 Å². The highest BCUT2D eigenvalue weighted by molar-refractivity contribution is 6.32. The lowest BCUT2D eigenvalue weighted by Gasteiger charge is -2.43. The molecule has 0 spiro atoms. The molecule has 0 unspecified atom stereocenters. The van der Waals surface area contributed by atoms with Crippen molar-refractivity contribution in [2.45, 2.75) is 46.6 Å². The summed E-state index contributed by atoms with van der Waals surface area (Å²) in [6.07, 6.45) is 4.79. The standard InChI is InChI=1S/C28H31ClN4O3/c1-6-10-33-24-14-22(29)19(12-21(24)18(3)15-28(33,4)5)13-23-26(35)32(27(36)31-23)16-25(34)30-20-9-7-8-17(2)11-20/h7-9,11-15H,6,10,16H2,1-5H3,(H,30,34)(H,31,36)/b23-13+. The molecule has 2 aliphatic heterocycles. The minimum atomic E-state index is -0.647. The van der Waals surface area contributed by atoms with Gasteiger partial charge in [0, 0.05) is 28.5 Å². The SMILES string of the molecule is CCCN1c2cc(Cl)c(/C=C3/NC(=O)N(CC(=O)Nc4cccc(C)c4)C3=O)cc2C(C)=CC1(C)C. The third kappa shape index (κ3) is 5.02. The van der Waals surface area contributed by atoms with E-state index in [-0.39, 0.29) is 11.2 Å². The number of aryl methyl sites for hydroxylation is 1. The zero-order valence-corrected chi connectivity index (χ0v) is 22.0. The number of imide groups is 1. The summed E-state index contributed by atoms with van der Waals surface area (Å²) in [5, 5.41) is 5.77. The first-order valence-electron chi connectivity index (χ1n) is 12.0. The van der Waals surface area contributed by atoms with Crippen LogP contribution >= 0.6 is 11.6 Å². The van der Waals surface area contributed by atoms with Crippen LogP contribution in [0, 0.1) is 6.92 Å². The number of fused-ring (bicyclic) bond motifs is 1. The highest BCUT2D eigenvalue weighted by atomic mass is 35.5. The van der Waals surface area contributed by atoms with Gasteiger partial charge >= 0.3 is 6.03 Å². The number of hydrogen-bond acceptors (Lipinski definition) is 4. The molecule has 0 aliphatic carbocycles. The van der Waals surface area contributed by atoms with Crippen LogP contribution < -0.4 is 15.5 Å². The maximum absolute atomic E-state index is 13.0. The second-order valence-electron chi connectivity index (χ2n) is 9.82. The van der Waals surface area contributed by atoms with E-state index < -0.39 is 24.4 Å². The fraction of sp³-hybridized carbons (Fsp3) is 0.321. The van der Waals surface area contributed by atoms with Crippen LogP contribution in [0.5, 0.6) is 0 Å². The number of benzene rings is 2. The predicted molar refractivity (Wildman–Crippen MR) is 145 cm³/mol. The van der Waals surface area contributed by atoms with Crippen LogP contribution in [0.3, 0.4) is 0 Å². The number of halogens is 1. The van der Waals surface area contributed by atoms with Crippen LogP contribution in [-0.2, 0) is 9.59 Å². The number of amides is 4. The van der Waals surface area contributed by atoms with Gasteiger partial charge in [0.15, 0.2) is 0 Å². The van der Waals surface area contributed by atoms with E-state index in [9.17, 15) is 14.4 Å². The number of carbonyl (C=O) groups excluding carboxylic acids is 3.